The van der Waals surface area contributed by atoms with E-state index in [9.17, 15) is 0 Å². The van der Waals surface area contributed by atoms with Crippen LogP contribution in [0.4, 0.5) is 0 Å². The van der Waals surface area contributed by atoms with Crippen molar-refractivity contribution < 1.29 is 4.42 Å². The molecule has 0 fully saturated rings. The molecular formula is C11H17NO. The Morgan fingerprint density at radius 1 is 1.69 bits per heavy atom. The van der Waals surface area contributed by atoms with E-state index in [-0.39, 0.29) is 6.04 Å². The maximum absolute atomic E-state index is 5.33. The molecule has 0 radical (unpaired) electrons. The topological polar surface area (TPSA) is 25.2 Å². The molecule has 0 saturated carbocycles. The van der Waals surface area contributed by atoms with E-state index in [0.717, 1.165) is 18.6 Å². The molecule has 0 bridgehead atoms. The van der Waals surface area contributed by atoms with E-state index in [1.807, 2.05) is 19.2 Å². The fourth-order valence-corrected chi connectivity index (χ4v) is 1.27. The second-order valence-electron chi connectivity index (χ2n) is 3.16. The molecule has 1 heterocycles. The van der Waals surface area contributed by atoms with Crippen LogP contribution in [-0.2, 0) is 0 Å². The zero-order valence-electron chi connectivity index (χ0n) is 8.34. The molecule has 13 heavy (non-hydrogen) atoms. The molecule has 2 heteroatoms. The van der Waals surface area contributed by atoms with Crippen molar-refractivity contribution in [2.24, 2.45) is 0 Å². The first-order valence-electron chi connectivity index (χ1n) is 4.65. The van der Waals surface area contributed by atoms with E-state index in [1.165, 1.54) is 5.57 Å². The number of furan rings is 1. The van der Waals surface area contributed by atoms with Crippen LogP contribution in [0.1, 0.15) is 31.6 Å². The summed E-state index contributed by atoms with van der Waals surface area (Å²) in [4.78, 5) is 0. The average Bonchev–Trinajstić information content (AvgIpc) is 2.66. The number of nitrogens with one attached hydrogen (secondary N) is 1. The van der Waals surface area contributed by atoms with Crippen molar-refractivity contribution >= 4 is 0 Å². The zero-order valence-corrected chi connectivity index (χ0v) is 8.34. The smallest absolute Gasteiger partial charge is 0.120 e. The quantitative estimate of drug-likeness (QED) is 0.703. The minimum atomic E-state index is 0.266. The third-order valence-electron chi connectivity index (χ3n) is 2.23. The van der Waals surface area contributed by atoms with E-state index in [1.54, 1.807) is 6.26 Å². The average molecular weight is 179 g/mol. The summed E-state index contributed by atoms with van der Waals surface area (Å²) in [5, 5.41) is 3.22. The first-order valence-corrected chi connectivity index (χ1v) is 4.65. The molecular weight excluding hydrogens is 162 g/mol. The summed E-state index contributed by atoms with van der Waals surface area (Å²) in [6.45, 7) is 6.11. The zero-order chi connectivity index (χ0) is 9.68. The largest absolute Gasteiger partial charge is 0.468 e. The number of rotatable bonds is 5. The lowest BCUT2D eigenvalue weighted by Crippen LogP contribution is -2.16. The van der Waals surface area contributed by atoms with Gasteiger partial charge in [0.2, 0.25) is 0 Å². The van der Waals surface area contributed by atoms with Crippen LogP contribution in [0.3, 0.4) is 0 Å². The molecule has 1 rings (SSSR count). The van der Waals surface area contributed by atoms with Gasteiger partial charge in [0.25, 0.3) is 0 Å². The van der Waals surface area contributed by atoms with Crippen LogP contribution in [0, 0.1) is 0 Å². The highest BCUT2D eigenvalue weighted by Crippen LogP contribution is 2.21. The Balaban J connectivity index is 2.58. The lowest BCUT2D eigenvalue weighted by molar-refractivity contribution is 0.427. The van der Waals surface area contributed by atoms with Crippen molar-refractivity contribution in [2.75, 3.05) is 7.05 Å². The Morgan fingerprint density at radius 2 is 2.46 bits per heavy atom. The van der Waals surface area contributed by atoms with Crippen LogP contribution in [-0.4, -0.2) is 7.05 Å². The highest BCUT2D eigenvalue weighted by molar-refractivity contribution is 5.08. The normalized spacial score (nSPS) is 12.8. The molecule has 1 aromatic heterocycles. The van der Waals surface area contributed by atoms with E-state index >= 15 is 0 Å². The van der Waals surface area contributed by atoms with Crippen LogP contribution < -0.4 is 5.32 Å². The van der Waals surface area contributed by atoms with E-state index in [0.29, 0.717) is 0 Å². The van der Waals surface area contributed by atoms with Gasteiger partial charge in [0, 0.05) is 0 Å². The van der Waals surface area contributed by atoms with Crippen molar-refractivity contribution in [3.05, 3.63) is 36.3 Å². The standard InChI is InChI=1S/C11H17NO/c1-4-9(2)8-10(12-3)11-6-5-7-13-11/h5-7,10,12H,2,4,8H2,1,3H3. The van der Waals surface area contributed by atoms with Crippen LogP contribution in [0.5, 0.6) is 0 Å². The minimum Gasteiger partial charge on any atom is -0.468 e. The molecule has 0 aliphatic carbocycles. The van der Waals surface area contributed by atoms with Gasteiger partial charge in [-0.3, -0.25) is 0 Å². The van der Waals surface area contributed by atoms with Gasteiger partial charge < -0.3 is 9.73 Å². The van der Waals surface area contributed by atoms with Crippen molar-refractivity contribution in [1.29, 1.82) is 0 Å². The molecule has 72 valence electrons. The summed E-state index contributed by atoms with van der Waals surface area (Å²) in [5.41, 5.74) is 1.25. The molecule has 0 aliphatic rings. The van der Waals surface area contributed by atoms with Gasteiger partial charge in [-0.05, 0) is 32.0 Å². The molecule has 1 aromatic rings. The predicted octanol–water partition coefficient (Wildman–Crippen LogP) is 2.90. The fourth-order valence-electron chi connectivity index (χ4n) is 1.27. The molecule has 0 amide bonds. The highest BCUT2D eigenvalue weighted by atomic mass is 16.3. The summed E-state index contributed by atoms with van der Waals surface area (Å²) in [5.74, 6) is 0.983. The van der Waals surface area contributed by atoms with Crippen molar-refractivity contribution in [3.63, 3.8) is 0 Å². The third-order valence-corrected chi connectivity index (χ3v) is 2.23. The Morgan fingerprint density at radius 3 is 2.92 bits per heavy atom. The number of hydrogen-bond acceptors (Lipinski definition) is 2. The lowest BCUT2D eigenvalue weighted by atomic mass is 10.0. The Kier molecular flexibility index (Phi) is 3.77. The summed E-state index contributed by atoms with van der Waals surface area (Å²) in [6.07, 6.45) is 3.67. The maximum Gasteiger partial charge on any atom is 0.120 e. The van der Waals surface area contributed by atoms with Gasteiger partial charge in [0.1, 0.15) is 5.76 Å². The van der Waals surface area contributed by atoms with E-state index < -0.39 is 0 Å². The summed E-state index contributed by atoms with van der Waals surface area (Å²) in [7, 11) is 1.94. The Labute approximate surface area is 79.6 Å². The summed E-state index contributed by atoms with van der Waals surface area (Å²) in [6, 6.07) is 4.17. The van der Waals surface area contributed by atoms with Crippen molar-refractivity contribution in [2.45, 2.75) is 25.8 Å². The summed E-state index contributed by atoms with van der Waals surface area (Å²) < 4.78 is 5.33. The van der Waals surface area contributed by atoms with Gasteiger partial charge in [-0.2, -0.15) is 0 Å². The molecule has 2 nitrogen and oxygen atoms in total. The molecule has 1 unspecified atom stereocenters. The van der Waals surface area contributed by atoms with Gasteiger partial charge in [0.15, 0.2) is 0 Å². The lowest BCUT2D eigenvalue weighted by Gasteiger charge is -2.14. The van der Waals surface area contributed by atoms with Gasteiger partial charge >= 0.3 is 0 Å². The molecule has 0 saturated heterocycles. The van der Waals surface area contributed by atoms with E-state index in [4.69, 9.17) is 4.42 Å². The first kappa shape index (κ1) is 10.1. The number of hydrogen-bond donors (Lipinski definition) is 1. The Hall–Kier alpha value is -1.02. The van der Waals surface area contributed by atoms with Crippen molar-refractivity contribution in [1.82, 2.24) is 5.32 Å². The molecule has 0 aliphatic heterocycles. The second kappa shape index (κ2) is 4.87. The third kappa shape index (κ3) is 2.74. The predicted molar refractivity (Wildman–Crippen MR) is 54.6 cm³/mol. The van der Waals surface area contributed by atoms with Crippen LogP contribution in [0.25, 0.3) is 0 Å². The maximum atomic E-state index is 5.33. The highest BCUT2D eigenvalue weighted by Gasteiger charge is 2.11. The van der Waals surface area contributed by atoms with Gasteiger partial charge in [-0.1, -0.05) is 19.1 Å². The first-order chi connectivity index (χ1) is 6.27. The van der Waals surface area contributed by atoms with E-state index in [2.05, 4.69) is 18.8 Å². The van der Waals surface area contributed by atoms with Crippen LogP contribution in [0.2, 0.25) is 0 Å². The van der Waals surface area contributed by atoms with Gasteiger partial charge in [0.05, 0.1) is 12.3 Å². The monoisotopic (exact) mass is 179 g/mol. The van der Waals surface area contributed by atoms with Gasteiger partial charge in [-0.25, -0.2) is 0 Å². The summed E-state index contributed by atoms with van der Waals surface area (Å²) >= 11 is 0. The SMILES string of the molecule is C=C(CC)CC(NC)c1ccco1. The molecule has 1 N–H and O–H groups in total. The second-order valence-corrected chi connectivity index (χ2v) is 3.16. The minimum absolute atomic E-state index is 0.266. The van der Waals surface area contributed by atoms with Gasteiger partial charge in [-0.15, -0.1) is 0 Å². The van der Waals surface area contributed by atoms with Crippen molar-refractivity contribution in [3.8, 4) is 0 Å². The fraction of sp³-hybridized carbons (Fsp3) is 0.455. The molecule has 0 aromatic carbocycles. The molecule has 1 atom stereocenters. The molecule has 0 spiro atoms. The van der Waals surface area contributed by atoms with Crippen LogP contribution >= 0.6 is 0 Å². The van der Waals surface area contributed by atoms with Crippen LogP contribution in [0.15, 0.2) is 35.0 Å². The Bertz CT molecular complexity index is 251.